The van der Waals surface area contributed by atoms with Gasteiger partial charge in [-0.15, -0.1) is 0 Å². The Balaban J connectivity index is 3.17. The third kappa shape index (κ3) is 2.93. The van der Waals surface area contributed by atoms with Crippen LogP contribution >= 0.6 is 27.5 Å². The molecule has 0 aliphatic rings. The highest BCUT2D eigenvalue weighted by Gasteiger charge is 2.24. The minimum atomic E-state index is -0.913. The summed E-state index contributed by atoms with van der Waals surface area (Å²) >= 11 is 9.27. The highest BCUT2D eigenvalue weighted by molar-refractivity contribution is 9.10. The number of carboxylic acid groups (broad SMARTS) is 1. The van der Waals surface area contributed by atoms with Gasteiger partial charge in [-0.05, 0) is 31.8 Å². The van der Waals surface area contributed by atoms with Crippen LogP contribution in [0.4, 0.5) is 0 Å². The largest absolute Gasteiger partial charge is 0.480 e. The molecule has 0 aliphatic heterocycles. The van der Waals surface area contributed by atoms with E-state index in [2.05, 4.69) is 15.9 Å². The summed E-state index contributed by atoms with van der Waals surface area (Å²) in [7, 11) is 3.41. The van der Waals surface area contributed by atoms with Gasteiger partial charge in [-0.25, -0.2) is 0 Å². The number of halogens is 2. The second kappa shape index (κ2) is 4.96. The van der Waals surface area contributed by atoms with Crippen molar-refractivity contribution in [2.45, 2.75) is 6.04 Å². The Hall–Kier alpha value is -0.580. The fourth-order valence-electron chi connectivity index (χ4n) is 1.36. The molecule has 82 valence electrons. The monoisotopic (exact) mass is 291 g/mol. The van der Waals surface area contributed by atoms with E-state index in [-0.39, 0.29) is 0 Å². The van der Waals surface area contributed by atoms with Crippen molar-refractivity contribution in [3.05, 3.63) is 33.3 Å². The van der Waals surface area contributed by atoms with Crippen molar-refractivity contribution >= 4 is 33.5 Å². The molecular formula is C10H11BrClNO2. The molecule has 0 aromatic heterocycles. The Morgan fingerprint density at radius 2 is 2.13 bits per heavy atom. The van der Waals surface area contributed by atoms with Gasteiger partial charge in [-0.3, -0.25) is 9.69 Å². The molecule has 1 rings (SSSR count). The summed E-state index contributed by atoms with van der Waals surface area (Å²) in [5.74, 6) is -0.913. The number of benzene rings is 1. The number of likely N-dealkylation sites (N-methyl/N-ethyl adjacent to an activating group) is 1. The number of hydrogen-bond donors (Lipinski definition) is 1. The first-order valence-corrected chi connectivity index (χ1v) is 5.44. The van der Waals surface area contributed by atoms with Gasteiger partial charge in [0.15, 0.2) is 0 Å². The minimum Gasteiger partial charge on any atom is -0.480 e. The number of aliphatic carboxylic acids is 1. The van der Waals surface area contributed by atoms with Gasteiger partial charge in [0.1, 0.15) is 6.04 Å². The topological polar surface area (TPSA) is 40.5 Å². The summed E-state index contributed by atoms with van der Waals surface area (Å²) in [6, 6.07) is 4.47. The Morgan fingerprint density at radius 1 is 1.53 bits per heavy atom. The molecule has 1 aromatic carbocycles. The van der Waals surface area contributed by atoms with E-state index in [0.29, 0.717) is 10.6 Å². The minimum absolute atomic E-state index is 0.450. The summed E-state index contributed by atoms with van der Waals surface area (Å²) in [4.78, 5) is 12.7. The highest BCUT2D eigenvalue weighted by atomic mass is 79.9. The maximum atomic E-state index is 11.1. The first kappa shape index (κ1) is 12.5. The zero-order chi connectivity index (χ0) is 11.6. The summed E-state index contributed by atoms with van der Waals surface area (Å²) in [5.41, 5.74) is 0.595. The van der Waals surface area contributed by atoms with Crippen LogP contribution in [0.25, 0.3) is 0 Å². The van der Waals surface area contributed by atoms with Crippen LogP contribution in [0.5, 0.6) is 0 Å². The lowest BCUT2D eigenvalue weighted by Gasteiger charge is -2.21. The number of hydrogen-bond acceptors (Lipinski definition) is 2. The predicted octanol–water partition coefficient (Wildman–Crippen LogP) is 2.79. The molecule has 0 bridgehead atoms. The summed E-state index contributed by atoms with van der Waals surface area (Å²) in [6.45, 7) is 0. The molecule has 1 unspecified atom stereocenters. The summed E-state index contributed by atoms with van der Waals surface area (Å²) in [5, 5.41) is 9.53. The third-order valence-electron chi connectivity index (χ3n) is 2.01. The van der Waals surface area contributed by atoms with Gasteiger partial charge in [0.05, 0.1) is 0 Å². The van der Waals surface area contributed by atoms with Gasteiger partial charge in [0.25, 0.3) is 0 Å². The van der Waals surface area contributed by atoms with Crippen LogP contribution < -0.4 is 0 Å². The second-order valence-corrected chi connectivity index (χ2v) is 4.69. The molecule has 5 heteroatoms. The SMILES string of the molecule is CN(C)C(C(=O)O)c1ccc(Br)cc1Cl. The molecule has 15 heavy (non-hydrogen) atoms. The van der Waals surface area contributed by atoms with E-state index in [4.69, 9.17) is 16.7 Å². The van der Waals surface area contributed by atoms with Crippen molar-refractivity contribution in [3.8, 4) is 0 Å². The molecule has 0 heterocycles. The standard InChI is InChI=1S/C10H11BrClNO2/c1-13(2)9(10(14)15)7-4-3-6(11)5-8(7)12/h3-5,9H,1-2H3,(H,14,15). The Bertz CT molecular complexity index is 382. The molecule has 1 atom stereocenters. The molecule has 3 nitrogen and oxygen atoms in total. The highest BCUT2D eigenvalue weighted by Crippen LogP contribution is 2.29. The first-order valence-electron chi connectivity index (χ1n) is 4.27. The lowest BCUT2D eigenvalue weighted by molar-refractivity contribution is -0.142. The average Bonchev–Trinajstić information content (AvgIpc) is 2.08. The maximum Gasteiger partial charge on any atom is 0.325 e. The molecule has 1 N–H and O–H groups in total. The average molecular weight is 293 g/mol. The summed E-state index contributed by atoms with van der Waals surface area (Å²) in [6.07, 6.45) is 0. The normalized spacial score (nSPS) is 12.9. The lowest BCUT2D eigenvalue weighted by atomic mass is 10.1. The maximum absolute atomic E-state index is 11.1. The molecule has 0 aliphatic carbocycles. The van der Waals surface area contributed by atoms with Crippen molar-refractivity contribution in [1.29, 1.82) is 0 Å². The zero-order valence-corrected chi connectivity index (χ0v) is 10.7. The van der Waals surface area contributed by atoms with Crippen LogP contribution in [0, 0.1) is 0 Å². The lowest BCUT2D eigenvalue weighted by Crippen LogP contribution is -2.27. The molecule has 0 radical (unpaired) electrons. The molecule has 0 spiro atoms. The molecule has 1 aromatic rings. The van der Waals surface area contributed by atoms with Gasteiger partial charge in [-0.2, -0.15) is 0 Å². The smallest absolute Gasteiger partial charge is 0.325 e. The van der Waals surface area contributed by atoms with E-state index >= 15 is 0 Å². The second-order valence-electron chi connectivity index (χ2n) is 3.37. The van der Waals surface area contributed by atoms with Gasteiger partial charge in [0.2, 0.25) is 0 Å². The Labute approximate surface area is 102 Å². The van der Waals surface area contributed by atoms with Gasteiger partial charge >= 0.3 is 5.97 Å². The number of nitrogens with zero attached hydrogens (tertiary/aromatic N) is 1. The first-order chi connectivity index (χ1) is 6.93. The van der Waals surface area contributed by atoms with Crippen molar-refractivity contribution in [2.24, 2.45) is 0 Å². The molecule has 0 amide bonds. The van der Waals surface area contributed by atoms with Crippen LogP contribution in [-0.4, -0.2) is 30.1 Å². The third-order valence-corrected chi connectivity index (χ3v) is 2.83. The number of carboxylic acids is 1. The van der Waals surface area contributed by atoms with Crippen LogP contribution in [-0.2, 0) is 4.79 Å². The number of rotatable bonds is 3. The van der Waals surface area contributed by atoms with E-state index in [0.717, 1.165) is 4.47 Å². The molecule has 0 saturated heterocycles. The Morgan fingerprint density at radius 3 is 2.53 bits per heavy atom. The number of carbonyl (C=O) groups is 1. The fourth-order valence-corrected chi connectivity index (χ4v) is 2.13. The fraction of sp³-hybridized carbons (Fsp3) is 0.300. The van der Waals surface area contributed by atoms with E-state index < -0.39 is 12.0 Å². The van der Waals surface area contributed by atoms with E-state index in [1.165, 1.54) is 0 Å². The molecule has 0 fully saturated rings. The summed E-state index contributed by atoms with van der Waals surface area (Å²) < 4.78 is 0.833. The van der Waals surface area contributed by atoms with E-state index in [1.54, 1.807) is 37.2 Å². The van der Waals surface area contributed by atoms with Crippen molar-refractivity contribution in [2.75, 3.05) is 14.1 Å². The van der Waals surface area contributed by atoms with Gasteiger partial charge in [-0.1, -0.05) is 33.6 Å². The van der Waals surface area contributed by atoms with E-state index in [9.17, 15) is 4.79 Å². The zero-order valence-electron chi connectivity index (χ0n) is 8.37. The van der Waals surface area contributed by atoms with Crippen molar-refractivity contribution < 1.29 is 9.90 Å². The quantitative estimate of drug-likeness (QED) is 0.931. The van der Waals surface area contributed by atoms with Gasteiger partial charge < -0.3 is 5.11 Å². The van der Waals surface area contributed by atoms with Gasteiger partial charge in [0, 0.05) is 9.50 Å². The van der Waals surface area contributed by atoms with Crippen LogP contribution in [0.15, 0.2) is 22.7 Å². The van der Waals surface area contributed by atoms with Crippen molar-refractivity contribution in [3.63, 3.8) is 0 Å². The van der Waals surface area contributed by atoms with E-state index in [1.807, 2.05) is 0 Å². The molecular weight excluding hydrogens is 281 g/mol. The molecule has 0 saturated carbocycles. The Kier molecular flexibility index (Phi) is 4.13. The van der Waals surface area contributed by atoms with Crippen LogP contribution in [0.3, 0.4) is 0 Å². The van der Waals surface area contributed by atoms with Crippen LogP contribution in [0.2, 0.25) is 5.02 Å². The van der Waals surface area contributed by atoms with Crippen LogP contribution in [0.1, 0.15) is 11.6 Å². The predicted molar refractivity (Wildman–Crippen MR) is 63.2 cm³/mol. The van der Waals surface area contributed by atoms with Crippen molar-refractivity contribution in [1.82, 2.24) is 4.90 Å².